The standard InChI is InChI=1S/C11H12F2O2/c1-6-4-5-8(12)9(10(6)13)11(14)7(2)15-3/h4-5,7H,1-3H3. The molecule has 0 radical (unpaired) electrons. The third-order valence-electron chi connectivity index (χ3n) is 2.25. The first kappa shape index (κ1) is 11.8. The molecule has 1 rings (SSSR count). The number of carbonyl (C=O) groups is 1. The molecule has 4 heteroatoms. The van der Waals surface area contributed by atoms with Crippen LogP contribution in [0.25, 0.3) is 0 Å². The number of methoxy groups -OCH3 is 1. The lowest BCUT2D eigenvalue weighted by molar-refractivity contribution is 0.0646. The minimum atomic E-state index is -0.855. The predicted molar refractivity (Wildman–Crippen MR) is 51.9 cm³/mol. The van der Waals surface area contributed by atoms with Gasteiger partial charge in [0.1, 0.15) is 17.7 Å². The quantitative estimate of drug-likeness (QED) is 0.722. The number of carbonyl (C=O) groups excluding carboxylic acids is 1. The van der Waals surface area contributed by atoms with Crippen LogP contribution in [0.4, 0.5) is 8.78 Å². The molecule has 2 nitrogen and oxygen atoms in total. The summed E-state index contributed by atoms with van der Waals surface area (Å²) in [4.78, 5) is 11.6. The van der Waals surface area contributed by atoms with Crippen molar-refractivity contribution in [1.82, 2.24) is 0 Å². The summed E-state index contributed by atoms with van der Waals surface area (Å²) in [7, 11) is 1.31. The zero-order chi connectivity index (χ0) is 11.6. The molecule has 1 unspecified atom stereocenters. The van der Waals surface area contributed by atoms with E-state index in [4.69, 9.17) is 4.74 Å². The van der Waals surface area contributed by atoms with E-state index in [-0.39, 0.29) is 5.56 Å². The highest BCUT2D eigenvalue weighted by atomic mass is 19.1. The van der Waals surface area contributed by atoms with Gasteiger partial charge in [-0.2, -0.15) is 0 Å². The van der Waals surface area contributed by atoms with E-state index in [0.717, 1.165) is 6.07 Å². The lowest BCUT2D eigenvalue weighted by Crippen LogP contribution is -2.22. The van der Waals surface area contributed by atoms with Crippen molar-refractivity contribution in [3.63, 3.8) is 0 Å². The third kappa shape index (κ3) is 2.21. The Bertz CT molecular complexity index is 388. The Morgan fingerprint density at radius 3 is 2.53 bits per heavy atom. The van der Waals surface area contributed by atoms with E-state index >= 15 is 0 Å². The van der Waals surface area contributed by atoms with Crippen LogP contribution in [0.15, 0.2) is 12.1 Å². The second kappa shape index (κ2) is 4.49. The van der Waals surface area contributed by atoms with E-state index in [1.54, 1.807) is 0 Å². The van der Waals surface area contributed by atoms with Crippen molar-refractivity contribution in [2.45, 2.75) is 20.0 Å². The summed E-state index contributed by atoms with van der Waals surface area (Å²) in [5, 5.41) is 0. The number of hydrogen-bond acceptors (Lipinski definition) is 2. The summed E-state index contributed by atoms with van der Waals surface area (Å²) in [6, 6.07) is 2.37. The number of rotatable bonds is 3. The van der Waals surface area contributed by atoms with Crippen LogP contribution < -0.4 is 0 Å². The number of ketones is 1. The fourth-order valence-corrected chi connectivity index (χ4v) is 1.19. The van der Waals surface area contributed by atoms with Gasteiger partial charge in [-0.25, -0.2) is 8.78 Å². The normalized spacial score (nSPS) is 12.6. The molecule has 1 aromatic carbocycles. The van der Waals surface area contributed by atoms with E-state index in [1.165, 1.54) is 27.0 Å². The summed E-state index contributed by atoms with van der Waals surface area (Å²) >= 11 is 0. The smallest absolute Gasteiger partial charge is 0.197 e. The van der Waals surface area contributed by atoms with Crippen molar-refractivity contribution >= 4 is 5.78 Å². The fraction of sp³-hybridized carbons (Fsp3) is 0.364. The predicted octanol–water partition coefficient (Wildman–Crippen LogP) is 2.49. The Balaban J connectivity index is 3.24. The molecule has 0 N–H and O–H groups in total. The first-order chi connectivity index (χ1) is 6.99. The Labute approximate surface area is 86.9 Å². The van der Waals surface area contributed by atoms with Crippen LogP contribution in [0.5, 0.6) is 0 Å². The summed E-state index contributed by atoms with van der Waals surface area (Å²) in [5.41, 5.74) is -0.285. The second-order valence-corrected chi connectivity index (χ2v) is 3.30. The van der Waals surface area contributed by atoms with Crippen molar-refractivity contribution in [3.8, 4) is 0 Å². The lowest BCUT2D eigenvalue weighted by Gasteiger charge is -2.10. The number of halogens is 2. The maximum Gasteiger partial charge on any atom is 0.197 e. The van der Waals surface area contributed by atoms with Crippen LogP contribution >= 0.6 is 0 Å². The van der Waals surface area contributed by atoms with Gasteiger partial charge in [0.05, 0.1) is 5.56 Å². The molecule has 1 aromatic rings. The lowest BCUT2D eigenvalue weighted by atomic mass is 10.0. The van der Waals surface area contributed by atoms with Gasteiger partial charge in [-0.1, -0.05) is 6.07 Å². The third-order valence-corrected chi connectivity index (χ3v) is 2.25. The van der Waals surface area contributed by atoms with E-state index in [1.807, 2.05) is 0 Å². The van der Waals surface area contributed by atoms with Gasteiger partial charge in [0.25, 0.3) is 0 Å². The zero-order valence-corrected chi connectivity index (χ0v) is 8.80. The van der Waals surface area contributed by atoms with Crippen molar-refractivity contribution in [2.75, 3.05) is 7.11 Å². The number of benzene rings is 1. The number of Topliss-reactive ketones (excluding diaryl/α,β-unsaturated/α-hetero) is 1. The maximum atomic E-state index is 13.5. The first-order valence-corrected chi connectivity index (χ1v) is 4.50. The second-order valence-electron chi connectivity index (χ2n) is 3.30. The highest BCUT2D eigenvalue weighted by molar-refractivity contribution is 5.99. The highest BCUT2D eigenvalue weighted by Gasteiger charge is 2.23. The summed E-state index contributed by atoms with van der Waals surface area (Å²) in [6.07, 6.45) is -0.851. The summed E-state index contributed by atoms with van der Waals surface area (Å²) in [5.74, 6) is -2.35. The molecule has 0 bridgehead atoms. The van der Waals surface area contributed by atoms with Crippen LogP contribution in [-0.4, -0.2) is 19.0 Å². The Morgan fingerprint density at radius 1 is 1.40 bits per heavy atom. The van der Waals surface area contributed by atoms with Crippen LogP contribution in [-0.2, 0) is 4.74 Å². The average Bonchev–Trinajstić information content (AvgIpc) is 2.22. The molecular formula is C11H12F2O2. The molecule has 1 atom stereocenters. The van der Waals surface area contributed by atoms with Gasteiger partial charge in [-0.05, 0) is 25.5 Å². The van der Waals surface area contributed by atoms with Gasteiger partial charge in [0, 0.05) is 7.11 Å². The highest BCUT2D eigenvalue weighted by Crippen LogP contribution is 2.18. The van der Waals surface area contributed by atoms with Crippen LogP contribution in [0, 0.1) is 18.6 Å². The van der Waals surface area contributed by atoms with Gasteiger partial charge >= 0.3 is 0 Å². The molecule has 82 valence electrons. The maximum absolute atomic E-state index is 13.5. The SMILES string of the molecule is COC(C)C(=O)c1c(F)ccc(C)c1F. The molecule has 15 heavy (non-hydrogen) atoms. The molecule has 0 fully saturated rings. The van der Waals surface area contributed by atoms with E-state index in [0.29, 0.717) is 0 Å². The van der Waals surface area contributed by atoms with E-state index in [2.05, 4.69) is 0 Å². The fourth-order valence-electron chi connectivity index (χ4n) is 1.19. The van der Waals surface area contributed by atoms with Crippen LogP contribution in [0.3, 0.4) is 0 Å². The topological polar surface area (TPSA) is 26.3 Å². The molecule has 0 amide bonds. The largest absolute Gasteiger partial charge is 0.374 e. The Morgan fingerprint density at radius 2 is 2.00 bits per heavy atom. The molecule has 0 spiro atoms. The Hall–Kier alpha value is -1.29. The Kier molecular flexibility index (Phi) is 3.52. The minimum absolute atomic E-state index is 0.239. The molecule has 0 aliphatic carbocycles. The van der Waals surface area contributed by atoms with Crippen LogP contribution in [0.1, 0.15) is 22.8 Å². The molecule has 0 saturated carbocycles. The average molecular weight is 214 g/mol. The number of ether oxygens (including phenoxy) is 1. The molecule has 0 saturated heterocycles. The number of hydrogen-bond donors (Lipinski definition) is 0. The van der Waals surface area contributed by atoms with Crippen LogP contribution in [0.2, 0.25) is 0 Å². The molecule has 0 aliphatic rings. The van der Waals surface area contributed by atoms with E-state index < -0.39 is 29.1 Å². The monoisotopic (exact) mass is 214 g/mol. The summed E-state index contributed by atoms with van der Waals surface area (Å²) < 4.78 is 31.5. The first-order valence-electron chi connectivity index (χ1n) is 4.50. The van der Waals surface area contributed by atoms with Gasteiger partial charge in [-0.15, -0.1) is 0 Å². The van der Waals surface area contributed by atoms with Gasteiger partial charge in [0.15, 0.2) is 5.78 Å². The zero-order valence-electron chi connectivity index (χ0n) is 8.80. The van der Waals surface area contributed by atoms with Gasteiger partial charge < -0.3 is 4.74 Å². The van der Waals surface area contributed by atoms with Crippen molar-refractivity contribution in [3.05, 3.63) is 34.9 Å². The summed E-state index contributed by atoms with van der Waals surface area (Å²) in [6.45, 7) is 2.92. The van der Waals surface area contributed by atoms with E-state index in [9.17, 15) is 13.6 Å². The van der Waals surface area contributed by atoms with Crippen molar-refractivity contribution in [2.24, 2.45) is 0 Å². The van der Waals surface area contributed by atoms with Crippen molar-refractivity contribution in [1.29, 1.82) is 0 Å². The molecule has 0 aromatic heterocycles. The number of aryl methyl sites for hydroxylation is 1. The van der Waals surface area contributed by atoms with Gasteiger partial charge in [0.2, 0.25) is 0 Å². The van der Waals surface area contributed by atoms with Gasteiger partial charge in [-0.3, -0.25) is 4.79 Å². The molecule has 0 heterocycles. The molecular weight excluding hydrogens is 202 g/mol. The minimum Gasteiger partial charge on any atom is -0.374 e. The van der Waals surface area contributed by atoms with Crippen molar-refractivity contribution < 1.29 is 18.3 Å². The molecule has 0 aliphatic heterocycles.